The lowest BCUT2D eigenvalue weighted by Gasteiger charge is -2.32. The van der Waals surface area contributed by atoms with Gasteiger partial charge in [0, 0.05) is 32.8 Å². The summed E-state index contributed by atoms with van der Waals surface area (Å²) in [6.07, 6.45) is 3.41. The zero-order chi connectivity index (χ0) is 14.5. The number of piperidine rings is 1. The predicted molar refractivity (Wildman–Crippen MR) is 78.5 cm³/mol. The highest BCUT2D eigenvalue weighted by molar-refractivity contribution is 5.72. The molecule has 1 fully saturated rings. The molecule has 0 spiro atoms. The SMILES string of the molecule is CC(=O)NCC1CCN(c2ccc([C@H](C)O)cn2)CC1. The second-order valence-corrected chi connectivity index (χ2v) is 5.49. The molecule has 0 aromatic carbocycles. The third-order valence-electron chi connectivity index (χ3n) is 3.83. The summed E-state index contributed by atoms with van der Waals surface area (Å²) in [6, 6.07) is 3.90. The molecule has 5 nitrogen and oxygen atoms in total. The van der Waals surface area contributed by atoms with Gasteiger partial charge in [-0.15, -0.1) is 0 Å². The van der Waals surface area contributed by atoms with E-state index in [4.69, 9.17) is 0 Å². The van der Waals surface area contributed by atoms with Crippen LogP contribution < -0.4 is 10.2 Å². The molecule has 0 saturated carbocycles. The number of carbonyl (C=O) groups is 1. The highest BCUT2D eigenvalue weighted by atomic mass is 16.3. The minimum atomic E-state index is -0.472. The fourth-order valence-electron chi connectivity index (χ4n) is 2.49. The zero-order valence-electron chi connectivity index (χ0n) is 12.2. The van der Waals surface area contributed by atoms with Crippen molar-refractivity contribution in [2.24, 2.45) is 5.92 Å². The first-order valence-corrected chi connectivity index (χ1v) is 7.19. The molecular weight excluding hydrogens is 254 g/mol. The first-order chi connectivity index (χ1) is 9.56. The molecule has 0 unspecified atom stereocenters. The lowest BCUT2D eigenvalue weighted by atomic mass is 9.97. The fourth-order valence-corrected chi connectivity index (χ4v) is 2.49. The van der Waals surface area contributed by atoms with E-state index in [-0.39, 0.29) is 5.91 Å². The molecule has 0 bridgehead atoms. The highest BCUT2D eigenvalue weighted by Gasteiger charge is 2.20. The van der Waals surface area contributed by atoms with Gasteiger partial charge in [-0.1, -0.05) is 6.07 Å². The van der Waals surface area contributed by atoms with Crippen LogP contribution in [0.4, 0.5) is 5.82 Å². The van der Waals surface area contributed by atoms with Crippen LogP contribution in [0.3, 0.4) is 0 Å². The van der Waals surface area contributed by atoms with E-state index in [1.54, 1.807) is 20.0 Å². The fraction of sp³-hybridized carbons (Fsp3) is 0.600. The summed E-state index contributed by atoms with van der Waals surface area (Å²) in [6.45, 7) is 6.00. The summed E-state index contributed by atoms with van der Waals surface area (Å²) < 4.78 is 0. The van der Waals surface area contributed by atoms with E-state index in [0.29, 0.717) is 5.92 Å². The van der Waals surface area contributed by atoms with Crippen LogP contribution in [0, 0.1) is 5.92 Å². The summed E-state index contributed by atoms with van der Waals surface area (Å²) in [5.41, 5.74) is 0.842. The van der Waals surface area contributed by atoms with Gasteiger partial charge in [0.1, 0.15) is 5.82 Å². The molecular formula is C15H23N3O2. The average Bonchev–Trinajstić information content (AvgIpc) is 2.46. The lowest BCUT2D eigenvalue weighted by molar-refractivity contribution is -0.119. The summed E-state index contributed by atoms with van der Waals surface area (Å²) in [5.74, 6) is 1.57. The molecule has 0 radical (unpaired) electrons. The molecule has 1 atom stereocenters. The van der Waals surface area contributed by atoms with Gasteiger partial charge in [0.25, 0.3) is 0 Å². The van der Waals surface area contributed by atoms with Gasteiger partial charge >= 0.3 is 0 Å². The number of carbonyl (C=O) groups excluding carboxylic acids is 1. The minimum absolute atomic E-state index is 0.0443. The normalized spacial score (nSPS) is 17.9. The Bertz CT molecular complexity index is 437. The number of hydrogen-bond donors (Lipinski definition) is 2. The molecule has 1 aromatic heterocycles. The molecule has 1 saturated heterocycles. The number of amides is 1. The summed E-state index contributed by atoms with van der Waals surface area (Å²) in [4.78, 5) is 17.6. The highest BCUT2D eigenvalue weighted by Crippen LogP contribution is 2.22. The number of rotatable bonds is 4. The number of aliphatic hydroxyl groups is 1. The van der Waals surface area contributed by atoms with Crippen molar-refractivity contribution in [3.63, 3.8) is 0 Å². The molecule has 0 aliphatic carbocycles. The number of pyridine rings is 1. The van der Waals surface area contributed by atoms with Gasteiger partial charge < -0.3 is 15.3 Å². The van der Waals surface area contributed by atoms with Gasteiger partial charge in [-0.2, -0.15) is 0 Å². The van der Waals surface area contributed by atoms with Crippen LogP contribution in [-0.2, 0) is 4.79 Å². The van der Waals surface area contributed by atoms with Crippen molar-refractivity contribution in [1.82, 2.24) is 10.3 Å². The van der Waals surface area contributed by atoms with Crippen molar-refractivity contribution >= 4 is 11.7 Å². The van der Waals surface area contributed by atoms with Crippen molar-refractivity contribution < 1.29 is 9.90 Å². The van der Waals surface area contributed by atoms with Crippen molar-refractivity contribution in [1.29, 1.82) is 0 Å². The van der Waals surface area contributed by atoms with Gasteiger partial charge in [0.05, 0.1) is 6.10 Å². The van der Waals surface area contributed by atoms with Gasteiger partial charge in [-0.3, -0.25) is 4.79 Å². The Labute approximate surface area is 120 Å². The molecule has 20 heavy (non-hydrogen) atoms. The molecule has 5 heteroatoms. The van der Waals surface area contributed by atoms with Crippen LogP contribution in [0.25, 0.3) is 0 Å². The zero-order valence-corrected chi connectivity index (χ0v) is 12.2. The van der Waals surface area contributed by atoms with E-state index in [0.717, 1.165) is 43.9 Å². The Hall–Kier alpha value is -1.62. The van der Waals surface area contributed by atoms with E-state index in [9.17, 15) is 9.90 Å². The van der Waals surface area contributed by atoms with Crippen LogP contribution in [0.2, 0.25) is 0 Å². The molecule has 2 N–H and O–H groups in total. The van der Waals surface area contributed by atoms with E-state index in [1.807, 2.05) is 12.1 Å². The van der Waals surface area contributed by atoms with E-state index >= 15 is 0 Å². The summed E-state index contributed by atoms with van der Waals surface area (Å²) in [7, 11) is 0. The number of hydrogen-bond acceptors (Lipinski definition) is 4. The smallest absolute Gasteiger partial charge is 0.216 e. The maximum Gasteiger partial charge on any atom is 0.216 e. The molecule has 110 valence electrons. The summed E-state index contributed by atoms with van der Waals surface area (Å²) in [5, 5.41) is 12.4. The number of aromatic nitrogens is 1. The topological polar surface area (TPSA) is 65.5 Å². The molecule has 2 rings (SSSR count). The first-order valence-electron chi connectivity index (χ1n) is 7.19. The van der Waals surface area contributed by atoms with Crippen molar-refractivity contribution in [2.45, 2.75) is 32.8 Å². The third-order valence-corrected chi connectivity index (χ3v) is 3.83. The number of nitrogens with one attached hydrogen (secondary N) is 1. The number of anilines is 1. The van der Waals surface area contributed by atoms with Gasteiger partial charge in [-0.05, 0) is 37.3 Å². The molecule has 1 aromatic rings. The Morgan fingerprint density at radius 2 is 2.20 bits per heavy atom. The lowest BCUT2D eigenvalue weighted by Crippen LogP contribution is -2.38. The van der Waals surface area contributed by atoms with E-state index in [1.165, 1.54) is 0 Å². The van der Waals surface area contributed by atoms with Crippen LogP contribution in [-0.4, -0.2) is 35.6 Å². The van der Waals surface area contributed by atoms with E-state index in [2.05, 4.69) is 15.2 Å². The van der Waals surface area contributed by atoms with Crippen LogP contribution in [0.1, 0.15) is 38.4 Å². The Morgan fingerprint density at radius 1 is 1.50 bits per heavy atom. The van der Waals surface area contributed by atoms with Crippen LogP contribution in [0.5, 0.6) is 0 Å². The number of aliphatic hydroxyl groups excluding tert-OH is 1. The van der Waals surface area contributed by atoms with Crippen molar-refractivity contribution in [3.8, 4) is 0 Å². The average molecular weight is 277 g/mol. The molecule has 2 heterocycles. The van der Waals surface area contributed by atoms with Gasteiger partial charge in [0.15, 0.2) is 0 Å². The number of nitrogens with zero attached hydrogens (tertiary/aromatic N) is 2. The second kappa shape index (κ2) is 6.70. The molecule has 1 aliphatic rings. The Morgan fingerprint density at radius 3 is 2.70 bits per heavy atom. The van der Waals surface area contributed by atoms with Gasteiger partial charge in [0.2, 0.25) is 5.91 Å². The Kier molecular flexibility index (Phi) is 4.95. The van der Waals surface area contributed by atoms with Crippen LogP contribution in [0.15, 0.2) is 18.3 Å². The van der Waals surface area contributed by atoms with Crippen molar-refractivity contribution in [2.75, 3.05) is 24.5 Å². The summed E-state index contributed by atoms with van der Waals surface area (Å²) >= 11 is 0. The largest absolute Gasteiger partial charge is 0.389 e. The van der Waals surface area contributed by atoms with Crippen molar-refractivity contribution in [3.05, 3.63) is 23.9 Å². The maximum atomic E-state index is 10.9. The first kappa shape index (κ1) is 14.8. The maximum absolute atomic E-state index is 10.9. The van der Waals surface area contributed by atoms with Gasteiger partial charge in [-0.25, -0.2) is 4.98 Å². The monoisotopic (exact) mass is 277 g/mol. The quantitative estimate of drug-likeness (QED) is 0.875. The second-order valence-electron chi connectivity index (χ2n) is 5.49. The van der Waals surface area contributed by atoms with E-state index < -0.39 is 6.10 Å². The molecule has 1 aliphatic heterocycles. The Balaban J connectivity index is 1.85. The predicted octanol–water partition coefficient (Wildman–Crippen LogP) is 1.49. The standard InChI is InChI=1S/C15H23N3O2/c1-11(19)14-3-4-15(17-10-14)18-7-5-13(6-8-18)9-16-12(2)20/h3-4,10-11,13,19H,5-9H2,1-2H3,(H,16,20)/t11-/m0/s1. The minimum Gasteiger partial charge on any atom is -0.389 e. The van der Waals surface area contributed by atoms with Crippen LogP contribution >= 0.6 is 0 Å². The third kappa shape index (κ3) is 3.93. The molecule has 1 amide bonds.